The predicted molar refractivity (Wildman–Crippen MR) is 135 cm³/mol. The fourth-order valence-electron chi connectivity index (χ4n) is 5.45. The molecule has 3 atom stereocenters. The molecular weight excluding hydrogens is 422 g/mol. The zero-order chi connectivity index (χ0) is 23.8. The van der Waals surface area contributed by atoms with Crippen LogP contribution >= 0.6 is 0 Å². The Bertz CT molecular complexity index is 1210. The summed E-state index contributed by atoms with van der Waals surface area (Å²) in [6, 6.07) is 24.5. The molecule has 0 N–H and O–H groups in total. The van der Waals surface area contributed by atoms with E-state index in [0.29, 0.717) is 6.42 Å². The van der Waals surface area contributed by atoms with Crippen LogP contribution in [-0.2, 0) is 4.74 Å². The van der Waals surface area contributed by atoms with E-state index in [2.05, 4.69) is 47.4 Å². The van der Waals surface area contributed by atoms with E-state index in [1.165, 1.54) is 5.56 Å². The lowest BCUT2D eigenvalue weighted by molar-refractivity contribution is 0.0799. The smallest absolute Gasteiger partial charge is 0.165 e. The molecule has 0 amide bonds. The first kappa shape index (κ1) is 22.5. The van der Waals surface area contributed by atoms with E-state index in [1.54, 1.807) is 0 Å². The highest BCUT2D eigenvalue weighted by Crippen LogP contribution is 2.55. The van der Waals surface area contributed by atoms with Crippen LogP contribution in [0.1, 0.15) is 77.6 Å². The highest BCUT2D eigenvalue weighted by molar-refractivity contribution is 5.98. The largest absolute Gasteiger partial charge is 0.373 e. The van der Waals surface area contributed by atoms with E-state index in [1.807, 2.05) is 51.1 Å². The number of carbonyl (C=O) groups is 2. The van der Waals surface area contributed by atoms with Crippen molar-refractivity contribution >= 4 is 22.9 Å². The maximum Gasteiger partial charge on any atom is 0.165 e. The summed E-state index contributed by atoms with van der Waals surface area (Å²) in [5.41, 5.74) is 5.95. The van der Waals surface area contributed by atoms with Gasteiger partial charge in [0.1, 0.15) is 0 Å². The number of para-hydroxylation sites is 1. The Morgan fingerprint density at radius 3 is 2.47 bits per heavy atom. The normalized spacial score (nSPS) is 21.3. The van der Waals surface area contributed by atoms with E-state index >= 15 is 0 Å². The molecule has 1 saturated heterocycles. The summed E-state index contributed by atoms with van der Waals surface area (Å²) >= 11 is 0. The molecule has 0 aromatic heterocycles. The molecular formula is C30H31NO3. The maximum absolute atomic E-state index is 12.5. The molecule has 5 rings (SSSR count). The molecule has 0 aliphatic carbocycles. The quantitative estimate of drug-likeness (QED) is 0.374. The van der Waals surface area contributed by atoms with Crippen molar-refractivity contribution in [3.05, 3.63) is 95.1 Å². The van der Waals surface area contributed by atoms with Gasteiger partial charge < -0.3 is 9.64 Å². The number of fused-ring (bicyclic) bond motifs is 3. The van der Waals surface area contributed by atoms with Gasteiger partial charge in [0, 0.05) is 52.9 Å². The second-order valence-corrected chi connectivity index (χ2v) is 9.59. The van der Waals surface area contributed by atoms with Gasteiger partial charge in [-0.05, 0) is 30.2 Å². The monoisotopic (exact) mass is 453 g/mol. The van der Waals surface area contributed by atoms with Crippen molar-refractivity contribution in [3.63, 3.8) is 0 Å². The average molecular weight is 454 g/mol. The summed E-state index contributed by atoms with van der Waals surface area (Å²) in [6.45, 7) is 6.49. The molecule has 1 fully saturated rings. The Kier molecular flexibility index (Phi) is 6.09. The molecule has 4 heteroatoms. The Morgan fingerprint density at radius 1 is 0.971 bits per heavy atom. The second-order valence-electron chi connectivity index (χ2n) is 9.59. The second kappa shape index (κ2) is 9.19. The van der Waals surface area contributed by atoms with Gasteiger partial charge in [-0.15, -0.1) is 0 Å². The molecule has 2 aliphatic heterocycles. The van der Waals surface area contributed by atoms with Crippen LogP contribution in [0.15, 0.2) is 72.8 Å². The van der Waals surface area contributed by atoms with Crippen molar-refractivity contribution in [1.29, 1.82) is 0 Å². The lowest BCUT2D eigenvalue weighted by Gasteiger charge is -2.45. The molecule has 3 unspecified atom stereocenters. The number of ketones is 2. The lowest BCUT2D eigenvalue weighted by Crippen LogP contribution is -2.37. The van der Waals surface area contributed by atoms with E-state index < -0.39 is 0 Å². The Hall–Kier alpha value is -3.24. The third-order valence-electron chi connectivity index (χ3n) is 7.15. The Morgan fingerprint density at radius 2 is 1.74 bits per heavy atom. The zero-order valence-corrected chi connectivity index (χ0v) is 20.0. The van der Waals surface area contributed by atoms with Gasteiger partial charge in [0.15, 0.2) is 11.6 Å². The SMILES string of the molecule is CCC(=O)c1cccc(N2c3ccccc3C3OCCC3C2c2ccc(C(=O)C(C)C)cc2)c1. The van der Waals surface area contributed by atoms with Gasteiger partial charge in [-0.3, -0.25) is 9.59 Å². The van der Waals surface area contributed by atoms with E-state index in [-0.39, 0.29) is 35.5 Å². The number of rotatable bonds is 6. The van der Waals surface area contributed by atoms with Crippen LogP contribution in [0.4, 0.5) is 11.4 Å². The molecule has 0 bridgehead atoms. The molecule has 34 heavy (non-hydrogen) atoms. The molecule has 3 aromatic rings. The van der Waals surface area contributed by atoms with Gasteiger partial charge in [-0.25, -0.2) is 0 Å². The standard InChI is InChI=1S/C30H31NO3/c1-4-27(32)22-8-7-9-23(18-22)31-26-11-6-5-10-24(26)30-25(16-17-34-30)28(31)20-12-14-21(15-13-20)29(33)19(2)3/h5-15,18-19,25,28,30H,4,16-17H2,1-3H3. The number of benzene rings is 3. The fourth-order valence-corrected chi connectivity index (χ4v) is 5.45. The highest BCUT2D eigenvalue weighted by Gasteiger charge is 2.45. The van der Waals surface area contributed by atoms with Crippen molar-refractivity contribution in [2.75, 3.05) is 11.5 Å². The summed E-state index contributed by atoms with van der Waals surface area (Å²) in [4.78, 5) is 27.4. The van der Waals surface area contributed by atoms with Crippen molar-refractivity contribution in [2.24, 2.45) is 11.8 Å². The third-order valence-corrected chi connectivity index (χ3v) is 7.15. The molecule has 2 heterocycles. The van der Waals surface area contributed by atoms with Gasteiger partial charge in [0.25, 0.3) is 0 Å². The van der Waals surface area contributed by atoms with Crippen LogP contribution in [0, 0.1) is 11.8 Å². The van der Waals surface area contributed by atoms with E-state index in [0.717, 1.165) is 41.1 Å². The minimum atomic E-state index is -0.0321. The van der Waals surface area contributed by atoms with Gasteiger partial charge in [0.05, 0.1) is 12.1 Å². The molecule has 0 saturated carbocycles. The summed E-state index contributed by atoms with van der Waals surface area (Å²) in [7, 11) is 0. The Balaban J connectivity index is 1.65. The first-order valence-electron chi connectivity index (χ1n) is 12.3. The number of hydrogen-bond acceptors (Lipinski definition) is 4. The minimum absolute atomic E-state index is 0.0321. The van der Waals surface area contributed by atoms with Crippen LogP contribution in [0.2, 0.25) is 0 Å². The van der Waals surface area contributed by atoms with Crippen molar-refractivity contribution in [3.8, 4) is 0 Å². The molecule has 0 spiro atoms. The van der Waals surface area contributed by atoms with Crippen LogP contribution < -0.4 is 4.90 Å². The third kappa shape index (κ3) is 3.86. The van der Waals surface area contributed by atoms with Gasteiger partial charge >= 0.3 is 0 Å². The van der Waals surface area contributed by atoms with Crippen molar-refractivity contribution in [1.82, 2.24) is 0 Å². The van der Waals surface area contributed by atoms with E-state index in [9.17, 15) is 9.59 Å². The predicted octanol–water partition coefficient (Wildman–Crippen LogP) is 7.09. The maximum atomic E-state index is 12.5. The van der Waals surface area contributed by atoms with Crippen LogP contribution in [0.25, 0.3) is 0 Å². The summed E-state index contributed by atoms with van der Waals surface area (Å²) in [5, 5.41) is 0. The number of ether oxygens (including phenoxy) is 1. The van der Waals surface area contributed by atoms with Crippen LogP contribution in [0.3, 0.4) is 0 Å². The molecule has 174 valence electrons. The van der Waals surface area contributed by atoms with Gasteiger partial charge in [0.2, 0.25) is 0 Å². The van der Waals surface area contributed by atoms with Gasteiger partial charge in [-0.2, -0.15) is 0 Å². The van der Waals surface area contributed by atoms with E-state index in [4.69, 9.17) is 4.74 Å². The molecule has 2 aliphatic rings. The molecule has 0 radical (unpaired) electrons. The van der Waals surface area contributed by atoms with Crippen LogP contribution in [-0.4, -0.2) is 18.2 Å². The first-order chi connectivity index (χ1) is 16.5. The summed E-state index contributed by atoms with van der Waals surface area (Å²) in [6.07, 6.45) is 1.48. The number of carbonyl (C=O) groups excluding carboxylic acids is 2. The topological polar surface area (TPSA) is 46.6 Å². The first-order valence-corrected chi connectivity index (χ1v) is 12.3. The number of hydrogen-bond donors (Lipinski definition) is 0. The van der Waals surface area contributed by atoms with Crippen molar-refractivity contribution in [2.45, 2.75) is 45.8 Å². The average Bonchev–Trinajstić information content (AvgIpc) is 3.37. The lowest BCUT2D eigenvalue weighted by atomic mass is 9.79. The molecule has 3 aromatic carbocycles. The number of nitrogens with zero attached hydrogens (tertiary/aromatic N) is 1. The number of anilines is 2. The number of Topliss-reactive ketones (excluding diaryl/α,β-unsaturated/α-hetero) is 2. The minimum Gasteiger partial charge on any atom is -0.373 e. The summed E-state index contributed by atoms with van der Waals surface area (Å²) < 4.78 is 6.26. The van der Waals surface area contributed by atoms with Crippen molar-refractivity contribution < 1.29 is 14.3 Å². The fraction of sp³-hybridized carbons (Fsp3) is 0.333. The van der Waals surface area contributed by atoms with Crippen LogP contribution in [0.5, 0.6) is 0 Å². The highest BCUT2D eigenvalue weighted by atomic mass is 16.5. The molecule has 4 nitrogen and oxygen atoms in total. The Labute approximate surface area is 201 Å². The van der Waals surface area contributed by atoms with Gasteiger partial charge in [-0.1, -0.05) is 75.4 Å². The summed E-state index contributed by atoms with van der Waals surface area (Å²) in [5.74, 6) is 0.537. The zero-order valence-electron chi connectivity index (χ0n) is 20.0.